The Morgan fingerprint density at radius 2 is 1.95 bits per heavy atom. The van der Waals surface area contributed by atoms with E-state index in [-0.39, 0.29) is 21.7 Å². The van der Waals surface area contributed by atoms with Crippen LogP contribution in [-0.2, 0) is 4.74 Å². The number of carbonyl (C=O) groups excluding carboxylic acids is 1. The molecule has 2 N–H and O–H groups in total. The van der Waals surface area contributed by atoms with Crippen LogP contribution in [-0.4, -0.2) is 12.1 Å². The number of hydrogen-bond donors (Lipinski definition) is 1. The monoisotopic (exact) mass is 315 g/mol. The van der Waals surface area contributed by atoms with E-state index in [2.05, 4.69) is 13.8 Å². The maximum atomic E-state index is 12.2. The molecule has 3 nitrogen and oxygen atoms in total. The number of nitrogen functional groups attached to an aromatic ring is 1. The lowest BCUT2D eigenvalue weighted by Gasteiger charge is -2.31. The van der Waals surface area contributed by atoms with Gasteiger partial charge in [-0.25, -0.2) is 4.79 Å². The number of rotatable bonds is 2. The molecular formula is C15H19Cl2NO2. The Morgan fingerprint density at radius 3 is 2.60 bits per heavy atom. The van der Waals surface area contributed by atoms with Gasteiger partial charge in [0.1, 0.15) is 6.10 Å². The Bertz CT molecular complexity index is 519. The van der Waals surface area contributed by atoms with Gasteiger partial charge in [-0.2, -0.15) is 0 Å². The van der Waals surface area contributed by atoms with Crippen LogP contribution in [0, 0.1) is 11.8 Å². The molecule has 0 saturated heterocycles. The number of nitrogens with two attached hydrogens (primary N) is 1. The number of anilines is 1. The van der Waals surface area contributed by atoms with Crippen molar-refractivity contribution in [3.8, 4) is 0 Å². The maximum Gasteiger partial charge on any atom is 0.340 e. The van der Waals surface area contributed by atoms with Gasteiger partial charge in [-0.05, 0) is 43.2 Å². The van der Waals surface area contributed by atoms with Crippen molar-refractivity contribution < 1.29 is 9.53 Å². The summed E-state index contributed by atoms with van der Waals surface area (Å²) in [5.74, 6) is 0.785. The fourth-order valence-electron chi connectivity index (χ4n) is 2.58. The number of halogens is 2. The summed E-state index contributed by atoms with van der Waals surface area (Å²) >= 11 is 12.0. The van der Waals surface area contributed by atoms with Gasteiger partial charge in [-0.1, -0.05) is 37.0 Å². The van der Waals surface area contributed by atoms with E-state index in [9.17, 15) is 4.79 Å². The first-order valence-electron chi connectivity index (χ1n) is 6.84. The molecule has 0 spiro atoms. The lowest BCUT2D eigenvalue weighted by Crippen LogP contribution is -2.28. The molecule has 0 heterocycles. The van der Waals surface area contributed by atoms with E-state index in [0.29, 0.717) is 17.5 Å². The molecule has 0 bridgehead atoms. The third-order valence-electron chi connectivity index (χ3n) is 4.09. The first kappa shape index (κ1) is 15.5. The summed E-state index contributed by atoms with van der Waals surface area (Å²) in [4.78, 5) is 12.2. The Morgan fingerprint density at radius 1 is 1.25 bits per heavy atom. The second kappa shape index (κ2) is 6.23. The van der Waals surface area contributed by atoms with E-state index in [0.717, 1.165) is 19.3 Å². The molecular weight excluding hydrogens is 297 g/mol. The zero-order valence-corrected chi connectivity index (χ0v) is 13.2. The number of carbonyl (C=O) groups is 1. The lowest BCUT2D eigenvalue weighted by atomic mass is 9.80. The molecule has 110 valence electrons. The van der Waals surface area contributed by atoms with Gasteiger partial charge >= 0.3 is 5.97 Å². The van der Waals surface area contributed by atoms with Gasteiger partial charge in [0.2, 0.25) is 0 Å². The zero-order chi connectivity index (χ0) is 14.9. The van der Waals surface area contributed by atoms with Crippen LogP contribution in [0.25, 0.3) is 0 Å². The zero-order valence-electron chi connectivity index (χ0n) is 11.7. The summed E-state index contributed by atoms with van der Waals surface area (Å²) < 4.78 is 5.55. The lowest BCUT2D eigenvalue weighted by molar-refractivity contribution is 0.00881. The van der Waals surface area contributed by atoms with Gasteiger partial charge in [0.25, 0.3) is 0 Å². The number of ether oxygens (including phenoxy) is 1. The van der Waals surface area contributed by atoms with Gasteiger partial charge in [0.05, 0.1) is 15.6 Å². The van der Waals surface area contributed by atoms with E-state index in [4.69, 9.17) is 33.7 Å². The van der Waals surface area contributed by atoms with Gasteiger partial charge in [0, 0.05) is 5.69 Å². The molecule has 5 heteroatoms. The molecule has 0 aromatic heterocycles. The van der Waals surface area contributed by atoms with Crippen molar-refractivity contribution in [2.24, 2.45) is 11.8 Å². The van der Waals surface area contributed by atoms with E-state index in [1.807, 2.05) is 0 Å². The summed E-state index contributed by atoms with van der Waals surface area (Å²) in [5.41, 5.74) is 6.33. The third kappa shape index (κ3) is 3.39. The van der Waals surface area contributed by atoms with Gasteiger partial charge in [-0.3, -0.25) is 0 Å². The van der Waals surface area contributed by atoms with Crippen LogP contribution in [0.5, 0.6) is 0 Å². The molecule has 1 aliphatic carbocycles. The van der Waals surface area contributed by atoms with Crippen molar-refractivity contribution in [1.82, 2.24) is 0 Å². The molecule has 20 heavy (non-hydrogen) atoms. The number of esters is 1. The normalized spacial score (nSPS) is 26.3. The van der Waals surface area contributed by atoms with Gasteiger partial charge in [-0.15, -0.1) is 0 Å². The first-order valence-corrected chi connectivity index (χ1v) is 7.59. The molecule has 0 radical (unpaired) electrons. The van der Waals surface area contributed by atoms with Gasteiger partial charge in [0.15, 0.2) is 0 Å². The van der Waals surface area contributed by atoms with Crippen molar-refractivity contribution in [3.05, 3.63) is 27.7 Å². The minimum absolute atomic E-state index is 0.0510. The second-order valence-electron chi connectivity index (χ2n) is 5.66. The van der Waals surface area contributed by atoms with Crippen LogP contribution < -0.4 is 5.73 Å². The summed E-state index contributed by atoms with van der Waals surface area (Å²) in [5, 5.41) is 0.465. The average molecular weight is 316 g/mol. The predicted octanol–water partition coefficient (Wildman–Crippen LogP) is 4.56. The van der Waals surface area contributed by atoms with E-state index < -0.39 is 5.97 Å². The molecule has 2 rings (SSSR count). The standard InChI is InChI=1S/C15H19Cl2NO2/c1-8-3-4-11(5-9(8)2)20-15(19)12-6-10(18)7-13(16)14(12)17/h6-9,11H,3-5,18H2,1-2H3. The van der Waals surface area contributed by atoms with E-state index in [1.54, 1.807) is 0 Å². The fraction of sp³-hybridized carbons (Fsp3) is 0.533. The topological polar surface area (TPSA) is 52.3 Å². The molecule has 1 fully saturated rings. The van der Waals surface area contributed by atoms with Crippen molar-refractivity contribution in [2.45, 2.75) is 39.2 Å². The average Bonchev–Trinajstić information content (AvgIpc) is 2.38. The largest absolute Gasteiger partial charge is 0.459 e. The minimum atomic E-state index is -0.448. The van der Waals surface area contributed by atoms with Crippen LogP contribution in [0.1, 0.15) is 43.5 Å². The number of hydrogen-bond acceptors (Lipinski definition) is 3. The summed E-state index contributed by atoms with van der Waals surface area (Å²) in [6.45, 7) is 4.42. The Labute approximate surface area is 129 Å². The van der Waals surface area contributed by atoms with Gasteiger partial charge < -0.3 is 10.5 Å². The van der Waals surface area contributed by atoms with Crippen LogP contribution in [0.4, 0.5) is 5.69 Å². The van der Waals surface area contributed by atoms with Crippen molar-refractivity contribution in [2.75, 3.05) is 5.73 Å². The molecule has 3 atom stereocenters. The summed E-state index contributed by atoms with van der Waals surface area (Å²) in [7, 11) is 0. The van der Waals surface area contributed by atoms with Crippen molar-refractivity contribution in [3.63, 3.8) is 0 Å². The Kier molecular flexibility index (Phi) is 4.82. The Hall–Kier alpha value is -0.930. The molecule has 3 unspecified atom stereocenters. The Balaban J connectivity index is 2.09. The van der Waals surface area contributed by atoms with Crippen molar-refractivity contribution in [1.29, 1.82) is 0 Å². The van der Waals surface area contributed by atoms with Crippen LogP contribution in [0.2, 0.25) is 10.0 Å². The third-order valence-corrected chi connectivity index (χ3v) is 4.90. The predicted molar refractivity (Wildman–Crippen MR) is 82.3 cm³/mol. The second-order valence-corrected chi connectivity index (χ2v) is 6.44. The highest BCUT2D eigenvalue weighted by molar-refractivity contribution is 6.44. The van der Waals surface area contributed by atoms with Crippen LogP contribution in [0.3, 0.4) is 0 Å². The smallest absolute Gasteiger partial charge is 0.340 e. The summed E-state index contributed by atoms with van der Waals surface area (Å²) in [6.07, 6.45) is 2.81. The minimum Gasteiger partial charge on any atom is -0.459 e. The van der Waals surface area contributed by atoms with E-state index in [1.165, 1.54) is 12.1 Å². The summed E-state index contributed by atoms with van der Waals surface area (Å²) in [6, 6.07) is 3.02. The molecule has 0 amide bonds. The fourth-order valence-corrected chi connectivity index (χ4v) is 2.99. The molecule has 1 aliphatic rings. The van der Waals surface area contributed by atoms with Crippen LogP contribution >= 0.6 is 23.2 Å². The molecule has 1 aromatic rings. The van der Waals surface area contributed by atoms with E-state index >= 15 is 0 Å². The quantitative estimate of drug-likeness (QED) is 0.643. The highest BCUT2D eigenvalue weighted by atomic mass is 35.5. The highest BCUT2D eigenvalue weighted by Gasteiger charge is 2.28. The number of benzene rings is 1. The first-order chi connectivity index (χ1) is 9.38. The van der Waals surface area contributed by atoms with Crippen molar-refractivity contribution >= 4 is 34.9 Å². The SMILES string of the molecule is CC1CCC(OC(=O)c2cc(N)cc(Cl)c2Cl)CC1C. The maximum absolute atomic E-state index is 12.2. The molecule has 1 aromatic carbocycles. The highest BCUT2D eigenvalue weighted by Crippen LogP contribution is 2.33. The molecule has 1 saturated carbocycles. The van der Waals surface area contributed by atoms with Crippen LogP contribution in [0.15, 0.2) is 12.1 Å². The molecule has 0 aliphatic heterocycles.